The van der Waals surface area contributed by atoms with E-state index in [0.717, 1.165) is 10.4 Å². The molecule has 0 saturated carbocycles. The van der Waals surface area contributed by atoms with Gasteiger partial charge in [-0.25, -0.2) is 0 Å². The first kappa shape index (κ1) is 22.1. The molecule has 1 amide bonds. The Morgan fingerprint density at radius 1 is 1.23 bits per heavy atom. The second kappa shape index (κ2) is 9.45. The van der Waals surface area contributed by atoms with E-state index in [2.05, 4.69) is 20.7 Å². The van der Waals surface area contributed by atoms with Gasteiger partial charge >= 0.3 is 0 Å². The summed E-state index contributed by atoms with van der Waals surface area (Å²) >= 11 is 0. The molecule has 12 nitrogen and oxygen atoms in total. The largest absolute Gasteiger partial charge is 0.497 e. The lowest BCUT2D eigenvalue weighted by atomic mass is 9.99. The Morgan fingerprint density at radius 3 is 2.57 bits per heavy atom. The number of aliphatic hydroxyl groups is 4. The molecule has 1 aliphatic heterocycles. The first-order valence-corrected chi connectivity index (χ1v) is 9.36. The average Bonchev–Trinajstić information content (AvgIpc) is 3.20. The molecule has 3 rings (SSSR count). The third-order valence-electron chi connectivity index (χ3n) is 4.88. The van der Waals surface area contributed by atoms with Crippen LogP contribution in [0.15, 0.2) is 24.3 Å². The number of carbonyl (C=O) groups is 1. The number of amides is 1. The molecule has 2 heterocycles. The normalized spacial score (nSPS) is 27.5. The summed E-state index contributed by atoms with van der Waals surface area (Å²) in [6, 6.07) is 7.02. The van der Waals surface area contributed by atoms with Gasteiger partial charge in [-0.2, -0.15) is 0 Å². The Morgan fingerprint density at radius 2 is 1.93 bits per heavy atom. The highest BCUT2D eigenvalue weighted by molar-refractivity contribution is 5.78. The number of benzene rings is 1. The van der Waals surface area contributed by atoms with E-state index in [0.29, 0.717) is 5.75 Å². The van der Waals surface area contributed by atoms with Gasteiger partial charge in [0.15, 0.2) is 12.1 Å². The second-order valence-corrected chi connectivity index (χ2v) is 6.98. The standard InChI is InChI=1S/C18H25N5O7/c1-9(10-3-5-11(29-2)6-4-10)19-14(25)7-13-20-22-23(21-13)18-17(28)16(27)15(26)12(8-24)30-18/h3-6,9,12,15-18,24,26-28H,7-8H2,1-2H3,(H,19,25). The summed E-state index contributed by atoms with van der Waals surface area (Å²) in [5, 5.41) is 53.4. The van der Waals surface area contributed by atoms with E-state index in [-0.39, 0.29) is 24.2 Å². The highest BCUT2D eigenvalue weighted by atomic mass is 16.6. The molecule has 1 saturated heterocycles. The first-order valence-electron chi connectivity index (χ1n) is 9.36. The van der Waals surface area contributed by atoms with Gasteiger partial charge in [0, 0.05) is 0 Å². The summed E-state index contributed by atoms with van der Waals surface area (Å²) in [5.41, 5.74) is 0.891. The van der Waals surface area contributed by atoms with Crippen molar-refractivity contribution in [3.8, 4) is 5.75 Å². The molecule has 0 bridgehead atoms. The van der Waals surface area contributed by atoms with E-state index < -0.39 is 37.3 Å². The number of hydrogen-bond donors (Lipinski definition) is 5. The van der Waals surface area contributed by atoms with Gasteiger partial charge in [0.1, 0.15) is 30.2 Å². The predicted octanol–water partition coefficient (Wildman–Crippen LogP) is -1.93. The van der Waals surface area contributed by atoms with E-state index in [1.54, 1.807) is 19.2 Å². The van der Waals surface area contributed by atoms with Crippen molar-refractivity contribution in [2.24, 2.45) is 0 Å². The summed E-state index contributed by atoms with van der Waals surface area (Å²) in [6.45, 7) is 1.26. The number of nitrogens with zero attached hydrogens (tertiary/aromatic N) is 4. The van der Waals surface area contributed by atoms with Gasteiger partial charge in [-0.3, -0.25) is 4.79 Å². The monoisotopic (exact) mass is 423 g/mol. The highest BCUT2D eigenvalue weighted by Crippen LogP contribution is 2.27. The van der Waals surface area contributed by atoms with Crippen LogP contribution in [-0.4, -0.2) is 84.7 Å². The zero-order chi connectivity index (χ0) is 21.8. The maximum absolute atomic E-state index is 12.3. The second-order valence-electron chi connectivity index (χ2n) is 6.98. The summed E-state index contributed by atoms with van der Waals surface area (Å²) in [7, 11) is 1.57. The van der Waals surface area contributed by atoms with Crippen LogP contribution in [0.2, 0.25) is 0 Å². The minimum atomic E-state index is -1.57. The highest BCUT2D eigenvalue weighted by Gasteiger charge is 2.45. The summed E-state index contributed by atoms with van der Waals surface area (Å²) < 4.78 is 10.5. The molecule has 6 atom stereocenters. The van der Waals surface area contributed by atoms with Crippen molar-refractivity contribution in [2.45, 2.75) is 50.0 Å². The van der Waals surface area contributed by atoms with Gasteiger partial charge in [-0.05, 0) is 29.8 Å². The molecule has 12 heteroatoms. The number of hydrogen-bond acceptors (Lipinski definition) is 10. The van der Waals surface area contributed by atoms with E-state index in [9.17, 15) is 25.2 Å². The zero-order valence-corrected chi connectivity index (χ0v) is 16.5. The van der Waals surface area contributed by atoms with Gasteiger partial charge in [0.05, 0.1) is 26.2 Å². The van der Waals surface area contributed by atoms with Crippen LogP contribution in [0, 0.1) is 0 Å². The summed E-state index contributed by atoms with van der Waals surface area (Å²) in [5.74, 6) is 0.448. The fourth-order valence-corrected chi connectivity index (χ4v) is 3.12. The van der Waals surface area contributed by atoms with Crippen molar-refractivity contribution >= 4 is 5.91 Å². The van der Waals surface area contributed by atoms with Gasteiger partial charge in [-0.1, -0.05) is 12.1 Å². The number of aromatic nitrogens is 4. The number of tetrazole rings is 1. The Hall–Kier alpha value is -2.64. The van der Waals surface area contributed by atoms with Gasteiger partial charge < -0.3 is 35.2 Å². The molecular formula is C18H25N5O7. The average molecular weight is 423 g/mol. The zero-order valence-electron chi connectivity index (χ0n) is 16.5. The fraction of sp³-hybridized carbons (Fsp3) is 0.556. The fourth-order valence-electron chi connectivity index (χ4n) is 3.12. The van der Waals surface area contributed by atoms with E-state index in [1.165, 1.54) is 0 Å². The molecule has 5 N–H and O–H groups in total. The van der Waals surface area contributed by atoms with Crippen molar-refractivity contribution in [1.29, 1.82) is 0 Å². The number of rotatable bonds is 7. The molecule has 1 fully saturated rings. The van der Waals surface area contributed by atoms with Gasteiger partial charge in [-0.15, -0.1) is 15.0 Å². The molecule has 164 valence electrons. The predicted molar refractivity (Wildman–Crippen MR) is 100 cm³/mol. The third-order valence-corrected chi connectivity index (χ3v) is 4.88. The van der Waals surface area contributed by atoms with Crippen LogP contribution in [0.4, 0.5) is 0 Å². The van der Waals surface area contributed by atoms with Crippen molar-refractivity contribution in [3.63, 3.8) is 0 Å². The first-order chi connectivity index (χ1) is 14.3. The maximum Gasteiger partial charge on any atom is 0.228 e. The molecular weight excluding hydrogens is 398 g/mol. The van der Waals surface area contributed by atoms with E-state index in [1.807, 2.05) is 19.1 Å². The van der Waals surface area contributed by atoms with E-state index in [4.69, 9.17) is 9.47 Å². The number of carbonyl (C=O) groups excluding carboxylic acids is 1. The number of aliphatic hydroxyl groups excluding tert-OH is 4. The van der Waals surface area contributed by atoms with Crippen LogP contribution in [-0.2, 0) is 16.0 Å². The maximum atomic E-state index is 12.3. The van der Waals surface area contributed by atoms with E-state index >= 15 is 0 Å². The van der Waals surface area contributed by atoms with Crippen LogP contribution in [0.3, 0.4) is 0 Å². The van der Waals surface area contributed by atoms with Gasteiger partial charge in [0.2, 0.25) is 5.91 Å². The lowest BCUT2D eigenvalue weighted by Gasteiger charge is -2.38. The Balaban J connectivity index is 1.61. The number of methoxy groups -OCH3 is 1. The molecule has 30 heavy (non-hydrogen) atoms. The van der Waals surface area contributed by atoms with Crippen molar-refractivity contribution in [3.05, 3.63) is 35.7 Å². The van der Waals surface area contributed by atoms with Crippen LogP contribution in [0.1, 0.15) is 30.6 Å². The van der Waals surface area contributed by atoms with Crippen LogP contribution >= 0.6 is 0 Å². The lowest BCUT2D eigenvalue weighted by molar-refractivity contribution is -0.257. The molecule has 2 aromatic rings. The summed E-state index contributed by atoms with van der Waals surface area (Å²) in [4.78, 5) is 13.2. The molecule has 0 radical (unpaired) electrons. The van der Waals surface area contributed by atoms with Crippen LogP contribution < -0.4 is 10.1 Å². The summed E-state index contributed by atoms with van der Waals surface area (Å²) in [6.07, 6.45) is -7.15. The molecule has 1 aromatic heterocycles. The molecule has 0 aliphatic carbocycles. The minimum absolute atomic E-state index is 0.0754. The quantitative estimate of drug-likeness (QED) is 0.338. The molecule has 0 spiro atoms. The van der Waals surface area contributed by atoms with Crippen LogP contribution in [0.25, 0.3) is 0 Å². The van der Waals surface area contributed by atoms with Gasteiger partial charge in [0.25, 0.3) is 0 Å². The number of nitrogens with one attached hydrogen (secondary N) is 1. The van der Waals surface area contributed by atoms with Crippen LogP contribution in [0.5, 0.6) is 5.75 Å². The molecule has 1 aliphatic rings. The third kappa shape index (κ3) is 4.74. The molecule has 6 unspecified atom stereocenters. The van der Waals surface area contributed by atoms with Crippen molar-refractivity contribution in [2.75, 3.05) is 13.7 Å². The Labute approximate surface area is 172 Å². The smallest absolute Gasteiger partial charge is 0.228 e. The Bertz CT molecular complexity index is 844. The lowest BCUT2D eigenvalue weighted by Crippen LogP contribution is -2.56. The Kier molecular flexibility index (Phi) is 6.95. The minimum Gasteiger partial charge on any atom is -0.497 e. The SMILES string of the molecule is COc1ccc(C(C)NC(=O)Cc2nnn(C3OC(CO)C(O)C(O)C3O)n2)cc1. The van der Waals surface area contributed by atoms with Crippen molar-refractivity contribution in [1.82, 2.24) is 25.5 Å². The number of ether oxygens (including phenoxy) is 2. The van der Waals surface area contributed by atoms with Crippen molar-refractivity contribution < 1.29 is 34.7 Å². The molecule has 1 aromatic carbocycles. The topological polar surface area (TPSA) is 172 Å².